The molecule has 15 heavy (non-hydrogen) atoms. The lowest BCUT2D eigenvalue weighted by molar-refractivity contribution is 0.0698. The SMILES string of the molecule is C=CCn1ccc2cccc(C(=O)O)c21. The molecular weight excluding hydrogens is 190 g/mol. The third-order valence-electron chi connectivity index (χ3n) is 2.34. The van der Waals surface area contributed by atoms with Crippen molar-refractivity contribution in [1.82, 2.24) is 4.57 Å². The number of rotatable bonds is 3. The summed E-state index contributed by atoms with van der Waals surface area (Å²) in [6.45, 7) is 4.27. The maximum Gasteiger partial charge on any atom is 0.337 e. The largest absolute Gasteiger partial charge is 0.478 e. The lowest BCUT2D eigenvalue weighted by Crippen LogP contribution is -2.01. The number of aromatic carboxylic acids is 1. The van der Waals surface area contributed by atoms with E-state index in [1.807, 2.05) is 22.9 Å². The fourth-order valence-corrected chi connectivity index (χ4v) is 1.73. The van der Waals surface area contributed by atoms with E-state index in [1.165, 1.54) is 0 Å². The molecule has 3 heteroatoms. The summed E-state index contributed by atoms with van der Waals surface area (Å²) in [5.74, 6) is -0.899. The van der Waals surface area contributed by atoms with Gasteiger partial charge in [0, 0.05) is 18.1 Å². The van der Waals surface area contributed by atoms with Gasteiger partial charge in [-0.2, -0.15) is 0 Å². The van der Waals surface area contributed by atoms with E-state index in [0.29, 0.717) is 12.1 Å². The molecule has 2 aromatic rings. The van der Waals surface area contributed by atoms with Crippen molar-refractivity contribution in [2.75, 3.05) is 0 Å². The summed E-state index contributed by atoms with van der Waals surface area (Å²) < 4.78 is 1.88. The van der Waals surface area contributed by atoms with Crippen molar-refractivity contribution in [3.05, 3.63) is 48.7 Å². The first kappa shape index (κ1) is 9.52. The van der Waals surface area contributed by atoms with Crippen molar-refractivity contribution in [2.45, 2.75) is 6.54 Å². The highest BCUT2D eigenvalue weighted by atomic mass is 16.4. The number of carboxylic acid groups (broad SMARTS) is 1. The zero-order valence-corrected chi connectivity index (χ0v) is 8.18. The number of carbonyl (C=O) groups is 1. The highest BCUT2D eigenvalue weighted by molar-refractivity contribution is 6.02. The summed E-state index contributed by atoms with van der Waals surface area (Å²) in [6.07, 6.45) is 3.62. The summed E-state index contributed by atoms with van der Waals surface area (Å²) in [4.78, 5) is 11.0. The summed E-state index contributed by atoms with van der Waals surface area (Å²) >= 11 is 0. The summed E-state index contributed by atoms with van der Waals surface area (Å²) in [5, 5.41) is 10.00. The number of para-hydroxylation sites is 1. The topological polar surface area (TPSA) is 42.2 Å². The molecule has 0 atom stereocenters. The summed E-state index contributed by atoms with van der Waals surface area (Å²) in [7, 11) is 0. The molecular formula is C12H11NO2. The van der Waals surface area contributed by atoms with Gasteiger partial charge in [0.05, 0.1) is 11.1 Å². The van der Waals surface area contributed by atoms with Gasteiger partial charge in [0.2, 0.25) is 0 Å². The van der Waals surface area contributed by atoms with E-state index in [1.54, 1.807) is 18.2 Å². The minimum absolute atomic E-state index is 0.333. The molecule has 0 saturated heterocycles. The van der Waals surface area contributed by atoms with Gasteiger partial charge in [0.25, 0.3) is 0 Å². The van der Waals surface area contributed by atoms with Gasteiger partial charge in [0.1, 0.15) is 0 Å². The minimum Gasteiger partial charge on any atom is -0.478 e. The number of carboxylic acids is 1. The molecule has 0 amide bonds. The monoisotopic (exact) mass is 201 g/mol. The van der Waals surface area contributed by atoms with Crippen LogP contribution in [0.1, 0.15) is 10.4 Å². The van der Waals surface area contributed by atoms with Crippen LogP contribution in [0.2, 0.25) is 0 Å². The molecule has 0 radical (unpaired) electrons. The normalized spacial score (nSPS) is 10.4. The lowest BCUT2D eigenvalue weighted by atomic mass is 10.1. The van der Waals surface area contributed by atoms with Crippen molar-refractivity contribution in [3.8, 4) is 0 Å². The van der Waals surface area contributed by atoms with Crippen molar-refractivity contribution in [2.24, 2.45) is 0 Å². The Morgan fingerprint density at radius 2 is 2.27 bits per heavy atom. The number of benzene rings is 1. The third kappa shape index (κ3) is 1.52. The third-order valence-corrected chi connectivity index (χ3v) is 2.34. The van der Waals surface area contributed by atoms with Crippen molar-refractivity contribution in [3.63, 3.8) is 0 Å². The van der Waals surface area contributed by atoms with Gasteiger partial charge in [-0.3, -0.25) is 0 Å². The number of fused-ring (bicyclic) bond motifs is 1. The Balaban J connectivity index is 2.74. The molecule has 0 unspecified atom stereocenters. The van der Waals surface area contributed by atoms with Gasteiger partial charge < -0.3 is 9.67 Å². The Morgan fingerprint density at radius 3 is 2.93 bits per heavy atom. The molecule has 1 heterocycles. The highest BCUT2D eigenvalue weighted by Gasteiger charge is 2.10. The van der Waals surface area contributed by atoms with Crippen LogP contribution in [0.4, 0.5) is 0 Å². The van der Waals surface area contributed by atoms with Crippen LogP contribution < -0.4 is 0 Å². The van der Waals surface area contributed by atoms with Crippen LogP contribution in [0.15, 0.2) is 43.1 Å². The lowest BCUT2D eigenvalue weighted by Gasteiger charge is -2.04. The molecule has 1 aromatic carbocycles. The number of aromatic nitrogens is 1. The Kier molecular flexibility index (Phi) is 2.29. The van der Waals surface area contributed by atoms with Gasteiger partial charge in [-0.1, -0.05) is 18.2 Å². The van der Waals surface area contributed by atoms with E-state index < -0.39 is 5.97 Å². The number of allylic oxidation sites excluding steroid dienone is 1. The van der Waals surface area contributed by atoms with Crippen LogP contribution in [0.5, 0.6) is 0 Å². The first-order valence-electron chi connectivity index (χ1n) is 4.66. The zero-order valence-electron chi connectivity index (χ0n) is 8.18. The van der Waals surface area contributed by atoms with E-state index in [9.17, 15) is 4.79 Å². The molecule has 0 fully saturated rings. The van der Waals surface area contributed by atoms with Crippen molar-refractivity contribution >= 4 is 16.9 Å². The fourth-order valence-electron chi connectivity index (χ4n) is 1.73. The molecule has 0 aliphatic carbocycles. The van der Waals surface area contributed by atoms with Crippen LogP contribution in [0.3, 0.4) is 0 Å². The van der Waals surface area contributed by atoms with E-state index in [0.717, 1.165) is 10.9 Å². The van der Waals surface area contributed by atoms with Crippen molar-refractivity contribution in [1.29, 1.82) is 0 Å². The van der Waals surface area contributed by atoms with Gasteiger partial charge >= 0.3 is 5.97 Å². The van der Waals surface area contributed by atoms with Gasteiger partial charge in [-0.05, 0) is 12.1 Å². The van der Waals surface area contributed by atoms with Crippen molar-refractivity contribution < 1.29 is 9.90 Å². The Morgan fingerprint density at radius 1 is 1.47 bits per heavy atom. The Labute approximate surface area is 87.3 Å². The van der Waals surface area contributed by atoms with Crippen LogP contribution in [-0.2, 0) is 6.54 Å². The average molecular weight is 201 g/mol. The molecule has 2 rings (SSSR count). The zero-order chi connectivity index (χ0) is 10.8. The van der Waals surface area contributed by atoms with Crippen LogP contribution in [0, 0.1) is 0 Å². The Bertz CT molecular complexity index is 525. The molecule has 0 aliphatic rings. The maximum atomic E-state index is 11.0. The minimum atomic E-state index is -0.899. The smallest absolute Gasteiger partial charge is 0.337 e. The summed E-state index contributed by atoms with van der Waals surface area (Å²) in [6, 6.07) is 7.18. The summed E-state index contributed by atoms with van der Waals surface area (Å²) in [5.41, 5.74) is 1.09. The first-order chi connectivity index (χ1) is 7.24. The molecule has 76 valence electrons. The van der Waals surface area contributed by atoms with Gasteiger partial charge in [-0.25, -0.2) is 4.79 Å². The van der Waals surface area contributed by atoms with E-state index in [-0.39, 0.29) is 0 Å². The molecule has 0 aliphatic heterocycles. The van der Waals surface area contributed by atoms with E-state index in [4.69, 9.17) is 5.11 Å². The molecule has 0 saturated carbocycles. The van der Waals surface area contributed by atoms with Gasteiger partial charge in [0.15, 0.2) is 0 Å². The maximum absolute atomic E-state index is 11.0. The fraction of sp³-hybridized carbons (Fsp3) is 0.0833. The van der Waals surface area contributed by atoms with Crippen LogP contribution in [0.25, 0.3) is 10.9 Å². The quantitative estimate of drug-likeness (QED) is 0.775. The van der Waals surface area contributed by atoms with Crippen LogP contribution >= 0.6 is 0 Å². The highest BCUT2D eigenvalue weighted by Crippen LogP contribution is 2.20. The number of nitrogens with zero attached hydrogens (tertiary/aromatic N) is 1. The second kappa shape index (κ2) is 3.61. The Hall–Kier alpha value is -2.03. The predicted molar refractivity (Wildman–Crippen MR) is 59.1 cm³/mol. The van der Waals surface area contributed by atoms with E-state index >= 15 is 0 Å². The number of hydrogen-bond acceptors (Lipinski definition) is 1. The van der Waals surface area contributed by atoms with Crippen LogP contribution in [-0.4, -0.2) is 15.6 Å². The molecule has 0 bridgehead atoms. The predicted octanol–water partition coefficient (Wildman–Crippen LogP) is 2.53. The number of hydrogen-bond donors (Lipinski definition) is 1. The molecule has 1 N–H and O–H groups in total. The standard InChI is InChI=1S/C12H11NO2/c1-2-7-13-8-6-9-4-3-5-10(11(9)13)12(14)15/h2-6,8H,1,7H2,(H,14,15). The van der Waals surface area contributed by atoms with E-state index in [2.05, 4.69) is 6.58 Å². The molecule has 0 spiro atoms. The first-order valence-corrected chi connectivity index (χ1v) is 4.66. The second-order valence-corrected chi connectivity index (χ2v) is 3.31. The molecule has 3 nitrogen and oxygen atoms in total. The second-order valence-electron chi connectivity index (χ2n) is 3.31. The van der Waals surface area contributed by atoms with Gasteiger partial charge in [-0.15, -0.1) is 6.58 Å². The average Bonchev–Trinajstić information content (AvgIpc) is 2.62. The molecule has 1 aromatic heterocycles.